The molecule has 0 aromatic heterocycles. The third-order valence-electron chi connectivity index (χ3n) is 5.49. The zero-order chi connectivity index (χ0) is 16.5. The van der Waals surface area contributed by atoms with E-state index in [1.165, 1.54) is 5.56 Å². The van der Waals surface area contributed by atoms with E-state index in [0.29, 0.717) is 13.1 Å². The third kappa shape index (κ3) is 3.31. The predicted octanol–water partition coefficient (Wildman–Crippen LogP) is 1.15. The number of hydrogen-bond donors (Lipinski definition) is 1. The summed E-state index contributed by atoms with van der Waals surface area (Å²) in [6.07, 6.45) is 0.749. The molecule has 0 spiro atoms. The topological polar surface area (TPSA) is 60.9 Å². The molecule has 2 aliphatic heterocycles. The monoisotopic (exact) mass is 338 g/mol. The Morgan fingerprint density at radius 1 is 1.26 bits per heavy atom. The summed E-state index contributed by atoms with van der Waals surface area (Å²) in [7, 11) is -3.14. The van der Waals surface area contributed by atoms with Crippen molar-refractivity contribution in [3.63, 3.8) is 0 Å². The van der Waals surface area contributed by atoms with Gasteiger partial charge in [-0.05, 0) is 24.8 Å². The summed E-state index contributed by atoms with van der Waals surface area (Å²) < 4.78 is 25.9. The van der Waals surface area contributed by atoms with E-state index in [1.54, 1.807) is 11.2 Å². The van der Waals surface area contributed by atoms with Crippen molar-refractivity contribution >= 4 is 10.0 Å². The van der Waals surface area contributed by atoms with Crippen LogP contribution in [0.5, 0.6) is 0 Å². The van der Waals surface area contributed by atoms with Crippen LogP contribution in [0.25, 0.3) is 0 Å². The predicted molar refractivity (Wildman–Crippen MR) is 90.4 cm³/mol. The van der Waals surface area contributed by atoms with E-state index < -0.39 is 10.0 Å². The van der Waals surface area contributed by atoms with Gasteiger partial charge in [0, 0.05) is 38.1 Å². The molecule has 1 N–H and O–H groups in total. The molecule has 5 nitrogen and oxygen atoms in total. The molecule has 0 amide bonds. The molecule has 128 valence electrons. The van der Waals surface area contributed by atoms with Gasteiger partial charge >= 0.3 is 0 Å². The largest absolute Gasteiger partial charge is 0.396 e. The van der Waals surface area contributed by atoms with E-state index >= 15 is 0 Å². The molecule has 6 heteroatoms. The number of rotatable bonds is 5. The summed E-state index contributed by atoms with van der Waals surface area (Å²) in [5.41, 5.74) is 1.12. The quantitative estimate of drug-likeness (QED) is 0.875. The van der Waals surface area contributed by atoms with Gasteiger partial charge in [0.2, 0.25) is 10.0 Å². The van der Waals surface area contributed by atoms with E-state index in [2.05, 4.69) is 17.0 Å². The van der Waals surface area contributed by atoms with E-state index in [0.717, 1.165) is 26.1 Å². The molecule has 1 aromatic rings. The van der Waals surface area contributed by atoms with Gasteiger partial charge in [0.15, 0.2) is 0 Å². The number of aliphatic hydroxyl groups excluding tert-OH is 1. The smallest absolute Gasteiger partial charge is 0.213 e. The Bertz CT molecular complexity index is 634. The molecule has 2 fully saturated rings. The van der Waals surface area contributed by atoms with Gasteiger partial charge in [0.1, 0.15) is 0 Å². The fraction of sp³-hybridized carbons (Fsp3) is 0.647. The summed E-state index contributed by atoms with van der Waals surface area (Å²) >= 11 is 0. The lowest BCUT2D eigenvalue weighted by atomic mass is 9.74. The molecule has 3 rings (SSSR count). The summed E-state index contributed by atoms with van der Waals surface area (Å²) in [5.74, 6) is 0.367. The number of piperidine rings is 1. The zero-order valence-corrected chi connectivity index (χ0v) is 14.5. The molecule has 0 saturated carbocycles. The molecule has 1 aromatic carbocycles. The van der Waals surface area contributed by atoms with Gasteiger partial charge in [0.05, 0.1) is 12.4 Å². The number of benzene rings is 1. The normalized spacial score (nSPS) is 29.6. The van der Waals surface area contributed by atoms with Gasteiger partial charge in [-0.15, -0.1) is 0 Å². The highest BCUT2D eigenvalue weighted by Gasteiger charge is 2.50. The second kappa shape index (κ2) is 6.51. The lowest BCUT2D eigenvalue weighted by molar-refractivity contribution is 0.0437. The van der Waals surface area contributed by atoms with Gasteiger partial charge in [-0.2, -0.15) is 0 Å². The van der Waals surface area contributed by atoms with Crippen LogP contribution in [0, 0.1) is 11.3 Å². The Morgan fingerprint density at radius 2 is 2.00 bits per heavy atom. The maximum atomic E-state index is 12.2. The molecular weight excluding hydrogens is 312 g/mol. The van der Waals surface area contributed by atoms with E-state index in [9.17, 15) is 13.5 Å². The van der Waals surface area contributed by atoms with Gasteiger partial charge in [-0.25, -0.2) is 12.7 Å². The molecule has 2 heterocycles. The van der Waals surface area contributed by atoms with Crippen molar-refractivity contribution in [2.75, 3.05) is 38.5 Å². The van der Waals surface area contributed by atoms with Crippen LogP contribution in [-0.2, 0) is 16.6 Å². The molecule has 2 aliphatic rings. The van der Waals surface area contributed by atoms with Gasteiger partial charge in [0.25, 0.3) is 0 Å². The lowest BCUT2D eigenvalue weighted by Gasteiger charge is -2.41. The summed E-state index contributed by atoms with van der Waals surface area (Å²) in [5, 5.41) is 9.99. The summed E-state index contributed by atoms with van der Waals surface area (Å²) in [6.45, 7) is 5.48. The number of aliphatic hydroxyl groups is 1. The first-order valence-corrected chi connectivity index (χ1v) is 9.95. The highest BCUT2D eigenvalue weighted by atomic mass is 32.2. The van der Waals surface area contributed by atoms with Crippen LogP contribution in [0.15, 0.2) is 30.3 Å². The minimum atomic E-state index is -3.14. The number of sulfonamides is 1. The van der Waals surface area contributed by atoms with Crippen molar-refractivity contribution in [2.45, 2.75) is 19.9 Å². The molecule has 2 atom stereocenters. The summed E-state index contributed by atoms with van der Waals surface area (Å²) in [4.78, 5) is 2.36. The number of fused-ring (bicyclic) bond motifs is 1. The van der Waals surface area contributed by atoms with Crippen LogP contribution in [0.4, 0.5) is 0 Å². The van der Waals surface area contributed by atoms with Gasteiger partial charge in [-0.1, -0.05) is 30.3 Å². The molecular formula is C17H26N2O3S. The van der Waals surface area contributed by atoms with Crippen molar-refractivity contribution in [3.05, 3.63) is 35.9 Å². The average Bonchev–Trinajstić information content (AvgIpc) is 2.93. The first-order chi connectivity index (χ1) is 11.0. The fourth-order valence-electron chi connectivity index (χ4n) is 4.02. The highest BCUT2D eigenvalue weighted by Crippen LogP contribution is 2.43. The Labute approximate surface area is 139 Å². The second-order valence-corrected chi connectivity index (χ2v) is 9.14. The van der Waals surface area contributed by atoms with Crippen LogP contribution in [0.1, 0.15) is 18.9 Å². The maximum absolute atomic E-state index is 12.2. The van der Waals surface area contributed by atoms with Crippen LogP contribution in [0.3, 0.4) is 0 Å². The fourth-order valence-corrected chi connectivity index (χ4v) is 5.16. The molecule has 0 radical (unpaired) electrons. The molecule has 0 unspecified atom stereocenters. The Morgan fingerprint density at radius 3 is 2.65 bits per heavy atom. The number of nitrogens with zero attached hydrogens (tertiary/aromatic N) is 2. The Hall–Kier alpha value is -0.950. The minimum absolute atomic E-state index is 0.142. The third-order valence-corrected chi connectivity index (χ3v) is 7.34. The van der Waals surface area contributed by atoms with Crippen LogP contribution in [0.2, 0.25) is 0 Å². The van der Waals surface area contributed by atoms with Crippen molar-refractivity contribution in [3.8, 4) is 0 Å². The van der Waals surface area contributed by atoms with Gasteiger partial charge in [-0.3, -0.25) is 4.90 Å². The van der Waals surface area contributed by atoms with E-state index in [1.807, 2.05) is 18.2 Å². The van der Waals surface area contributed by atoms with Crippen LogP contribution >= 0.6 is 0 Å². The second-order valence-electron chi connectivity index (χ2n) is 6.88. The first-order valence-electron chi connectivity index (χ1n) is 8.34. The van der Waals surface area contributed by atoms with Crippen molar-refractivity contribution in [2.24, 2.45) is 11.3 Å². The van der Waals surface area contributed by atoms with Crippen molar-refractivity contribution < 1.29 is 13.5 Å². The lowest BCUT2D eigenvalue weighted by Crippen LogP contribution is -2.50. The zero-order valence-electron chi connectivity index (χ0n) is 13.7. The van der Waals surface area contributed by atoms with Crippen LogP contribution < -0.4 is 0 Å². The molecule has 23 heavy (non-hydrogen) atoms. The number of likely N-dealkylation sites (tertiary alicyclic amines) is 1. The standard InChI is InChI=1S/C17H26N2O3S/c1-2-23(21,22)19-9-8-17(14-20)13-18(11-16(17)12-19)10-15-6-4-3-5-7-15/h3-7,16,20H,2,8-14H2,1H3/t16-,17-/m0/s1. The molecule has 0 bridgehead atoms. The number of hydrogen-bond acceptors (Lipinski definition) is 4. The average molecular weight is 338 g/mol. The molecule has 0 aliphatic carbocycles. The Kier molecular flexibility index (Phi) is 4.78. The van der Waals surface area contributed by atoms with E-state index in [-0.39, 0.29) is 23.7 Å². The summed E-state index contributed by atoms with van der Waals surface area (Å²) in [6, 6.07) is 10.3. The van der Waals surface area contributed by atoms with Crippen molar-refractivity contribution in [1.29, 1.82) is 0 Å². The molecule has 2 saturated heterocycles. The first kappa shape index (κ1) is 16.9. The van der Waals surface area contributed by atoms with Crippen LogP contribution in [-0.4, -0.2) is 61.3 Å². The van der Waals surface area contributed by atoms with Gasteiger partial charge < -0.3 is 5.11 Å². The maximum Gasteiger partial charge on any atom is 0.213 e. The minimum Gasteiger partial charge on any atom is -0.396 e. The van der Waals surface area contributed by atoms with Crippen molar-refractivity contribution in [1.82, 2.24) is 9.21 Å². The Balaban J connectivity index is 1.73. The highest BCUT2D eigenvalue weighted by molar-refractivity contribution is 7.89. The van der Waals surface area contributed by atoms with E-state index in [4.69, 9.17) is 0 Å². The SMILES string of the molecule is CCS(=O)(=O)N1CC[C@@]2(CO)CN(Cc3ccccc3)C[C@H]2C1.